The molecule has 0 amide bonds. The topological polar surface area (TPSA) is 63.0 Å². The van der Waals surface area contributed by atoms with E-state index >= 15 is 0 Å². The number of anilines is 1. The number of carboxylic acids is 1. The van der Waals surface area contributed by atoms with Crippen LogP contribution in [0.5, 0.6) is 0 Å². The van der Waals surface area contributed by atoms with Gasteiger partial charge in [-0.1, -0.05) is 24.3 Å². The van der Waals surface area contributed by atoms with Gasteiger partial charge in [0.1, 0.15) is 0 Å². The van der Waals surface area contributed by atoms with E-state index in [2.05, 4.69) is 29.6 Å². The maximum atomic E-state index is 11.7. The van der Waals surface area contributed by atoms with Crippen LogP contribution in [0.1, 0.15) is 40.4 Å². The number of nitrogens with one attached hydrogen (secondary N) is 1. The van der Waals surface area contributed by atoms with Crippen molar-refractivity contribution in [1.29, 1.82) is 0 Å². The highest BCUT2D eigenvalue weighted by molar-refractivity contribution is 5.93. The van der Waals surface area contributed by atoms with Gasteiger partial charge in [0.25, 0.3) is 0 Å². The molecule has 0 aliphatic carbocycles. The number of pyridine rings is 1. The zero-order valence-electron chi connectivity index (χ0n) is 14.5. The van der Waals surface area contributed by atoms with Crippen molar-refractivity contribution < 1.29 is 14.6 Å². The highest BCUT2D eigenvalue weighted by atomic mass is 16.5. The average molecular weight is 350 g/mol. The largest absolute Gasteiger partial charge is 0.476 e. The third-order valence-electron chi connectivity index (χ3n) is 5.06. The van der Waals surface area contributed by atoms with Crippen LogP contribution in [0, 0.1) is 0 Å². The molecule has 2 N–H and O–H groups in total. The van der Waals surface area contributed by atoms with Crippen molar-refractivity contribution in [2.24, 2.45) is 0 Å². The Kier molecular flexibility index (Phi) is 4.63. The first-order valence-corrected chi connectivity index (χ1v) is 8.96. The van der Waals surface area contributed by atoms with Gasteiger partial charge in [0.05, 0.1) is 5.69 Å². The molecule has 0 saturated carbocycles. The third kappa shape index (κ3) is 3.30. The maximum Gasteiger partial charge on any atom is 0.355 e. The molecule has 1 aliphatic rings. The Hall–Kier alpha value is -2.79. The molecular weight excluding hydrogens is 328 g/mol. The van der Waals surface area contributed by atoms with E-state index in [0.717, 1.165) is 37.1 Å². The number of carboxylic acid groups (broad SMARTS) is 1. The van der Waals surface area contributed by atoms with Crippen molar-refractivity contribution in [3.8, 4) is 0 Å². The van der Waals surface area contributed by atoms with Crippen molar-refractivity contribution in [3.05, 3.63) is 71.5 Å². The lowest BCUT2D eigenvalue weighted by Crippen LogP contribution is -2.14. The molecule has 0 unspecified atom stereocenters. The van der Waals surface area contributed by atoms with E-state index in [-0.39, 0.29) is 5.69 Å². The molecule has 5 nitrogen and oxygen atoms in total. The van der Waals surface area contributed by atoms with Crippen LogP contribution in [-0.2, 0) is 11.3 Å². The lowest BCUT2D eigenvalue weighted by Gasteiger charge is -2.22. The molecule has 1 saturated heterocycles. The summed E-state index contributed by atoms with van der Waals surface area (Å²) in [6, 6.07) is 16.1. The van der Waals surface area contributed by atoms with Gasteiger partial charge in [0.2, 0.25) is 0 Å². The quantitative estimate of drug-likeness (QED) is 0.726. The van der Waals surface area contributed by atoms with Crippen LogP contribution in [0.4, 0.5) is 5.69 Å². The highest BCUT2D eigenvalue weighted by Crippen LogP contribution is 2.27. The lowest BCUT2D eigenvalue weighted by molar-refractivity contribution is 0.0690. The average Bonchev–Trinajstić information content (AvgIpc) is 3.15. The number of hydrogen-bond acceptors (Lipinski definition) is 3. The van der Waals surface area contributed by atoms with Gasteiger partial charge in [-0.05, 0) is 54.2 Å². The van der Waals surface area contributed by atoms with E-state index in [1.165, 1.54) is 5.56 Å². The van der Waals surface area contributed by atoms with Gasteiger partial charge < -0.3 is 19.6 Å². The monoisotopic (exact) mass is 350 g/mol. The zero-order valence-corrected chi connectivity index (χ0v) is 14.5. The highest BCUT2D eigenvalue weighted by Gasteiger charge is 2.16. The van der Waals surface area contributed by atoms with Crippen LogP contribution in [0.15, 0.2) is 54.7 Å². The summed E-state index contributed by atoms with van der Waals surface area (Å²) in [5.74, 6) is -0.357. The predicted octanol–water partition coefficient (Wildman–Crippen LogP) is 4.14. The number of hydrogen-bond donors (Lipinski definition) is 2. The van der Waals surface area contributed by atoms with Crippen LogP contribution < -0.4 is 5.32 Å². The Labute approximate surface area is 152 Å². The van der Waals surface area contributed by atoms with Crippen LogP contribution in [0.3, 0.4) is 0 Å². The van der Waals surface area contributed by atoms with E-state index < -0.39 is 5.97 Å². The van der Waals surface area contributed by atoms with Gasteiger partial charge in [0.15, 0.2) is 5.69 Å². The van der Waals surface area contributed by atoms with E-state index in [1.54, 1.807) is 10.6 Å². The number of fused-ring (bicyclic) bond motifs is 1. The second kappa shape index (κ2) is 7.22. The summed E-state index contributed by atoms with van der Waals surface area (Å²) in [5, 5.41) is 12.9. The van der Waals surface area contributed by atoms with Crippen LogP contribution >= 0.6 is 0 Å². The van der Waals surface area contributed by atoms with Crippen LogP contribution in [0.2, 0.25) is 0 Å². The minimum atomic E-state index is -0.941. The maximum absolute atomic E-state index is 11.7. The van der Waals surface area contributed by atoms with Crippen molar-refractivity contribution in [3.63, 3.8) is 0 Å². The molecule has 3 aromatic rings. The van der Waals surface area contributed by atoms with Gasteiger partial charge in [-0.25, -0.2) is 4.79 Å². The predicted molar refractivity (Wildman–Crippen MR) is 101 cm³/mol. The molecule has 0 atom stereocenters. The van der Waals surface area contributed by atoms with E-state index in [1.807, 2.05) is 24.3 Å². The molecule has 1 fully saturated rings. The molecule has 2 aromatic heterocycles. The zero-order chi connectivity index (χ0) is 17.9. The van der Waals surface area contributed by atoms with E-state index in [9.17, 15) is 9.90 Å². The fourth-order valence-corrected chi connectivity index (χ4v) is 3.61. The van der Waals surface area contributed by atoms with Gasteiger partial charge in [-0.3, -0.25) is 0 Å². The Morgan fingerprint density at radius 2 is 1.88 bits per heavy atom. The first-order chi connectivity index (χ1) is 12.7. The fraction of sp³-hybridized carbons (Fsp3) is 0.286. The molecule has 0 spiro atoms. The third-order valence-corrected chi connectivity index (χ3v) is 5.06. The Morgan fingerprint density at radius 1 is 1.12 bits per heavy atom. The number of nitrogens with zero attached hydrogens (tertiary/aromatic N) is 1. The van der Waals surface area contributed by atoms with Gasteiger partial charge >= 0.3 is 5.97 Å². The summed E-state index contributed by atoms with van der Waals surface area (Å²) in [6.07, 6.45) is 3.93. The number of rotatable bonds is 5. The minimum absolute atomic E-state index is 0.256. The molecule has 5 heteroatoms. The number of aromatic nitrogens is 1. The Morgan fingerprint density at radius 3 is 2.62 bits per heavy atom. The minimum Gasteiger partial charge on any atom is -0.476 e. The van der Waals surface area contributed by atoms with E-state index in [0.29, 0.717) is 18.2 Å². The van der Waals surface area contributed by atoms with E-state index in [4.69, 9.17) is 4.74 Å². The van der Waals surface area contributed by atoms with Gasteiger partial charge in [-0.15, -0.1) is 0 Å². The number of aromatic carboxylic acids is 1. The van der Waals surface area contributed by atoms with Crippen LogP contribution in [0.25, 0.3) is 5.52 Å². The molecule has 26 heavy (non-hydrogen) atoms. The summed E-state index contributed by atoms with van der Waals surface area (Å²) in [5.41, 5.74) is 4.23. The van der Waals surface area contributed by atoms with Crippen molar-refractivity contribution in [2.45, 2.75) is 25.3 Å². The second-order valence-corrected chi connectivity index (χ2v) is 6.69. The summed E-state index contributed by atoms with van der Waals surface area (Å²) in [6.45, 7) is 2.27. The van der Waals surface area contributed by atoms with Crippen molar-refractivity contribution >= 4 is 17.2 Å². The number of ether oxygens (including phenoxy) is 1. The fourth-order valence-electron chi connectivity index (χ4n) is 3.61. The first-order valence-electron chi connectivity index (χ1n) is 8.96. The molecule has 1 aromatic carbocycles. The Bertz CT molecular complexity index is 909. The number of carbonyl (C=O) groups is 1. The van der Waals surface area contributed by atoms with Crippen molar-refractivity contribution in [1.82, 2.24) is 4.40 Å². The molecule has 4 rings (SSSR count). The molecule has 0 bridgehead atoms. The SMILES string of the molecule is O=C(O)c1c(NCc2ccc(C3CCOCC3)cc2)ccc2cccn12. The van der Waals surface area contributed by atoms with Gasteiger partial charge in [0, 0.05) is 31.5 Å². The smallest absolute Gasteiger partial charge is 0.355 e. The first kappa shape index (κ1) is 16.7. The lowest BCUT2D eigenvalue weighted by atomic mass is 9.91. The summed E-state index contributed by atoms with van der Waals surface area (Å²) < 4.78 is 7.12. The standard InChI is InChI=1S/C21H22N2O3/c24-21(25)20-19(8-7-18-2-1-11-23(18)20)22-14-15-3-5-16(6-4-15)17-9-12-26-13-10-17/h1-8,11,17,22H,9-10,12-14H2,(H,24,25). The number of benzene rings is 1. The Balaban J connectivity index is 1.49. The molecule has 3 heterocycles. The normalized spacial score (nSPS) is 15.2. The molecular formula is C21H22N2O3. The molecule has 0 radical (unpaired) electrons. The molecule has 1 aliphatic heterocycles. The molecule has 134 valence electrons. The summed E-state index contributed by atoms with van der Waals surface area (Å²) >= 11 is 0. The summed E-state index contributed by atoms with van der Waals surface area (Å²) in [4.78, 5) is 11.7. The van der Waals surface area contributed by atoms with Crippen molar-refractivity contribution in [2.75, 3.05) is 18.5 Å². The van der Waals surface area contributed by atoms with Crippen LogP contribution in [-0.4, -0.2) is 28.7 Å². The summed E-state index contributed by atoms with van der Waals surface area (Å²) in [7, 11) is 0. The van der Waals surface area contributed by atoms with Gasteiger partial charge in [-0.2, -0.15) is 0 Å². The second-order valence-electron chi connectivity index (χ2n) is 6.69.